The first-order chi connectivity index (χ1) is 9.67. The lowest BCUT2D eigenvalue weighted by molar-refractivity contribution is 0.203. The predicted octanol–water partition coefficient (Wildman–Crippen LogP) is 3.52. The summed E-state index contributed by atoms with van der Waals surface area (Å²) in [4.78, 5) is 5.29. The van der Waals surface area contributed by atoms with Gasteiger partial charge in [0.05, 0.1) is 25.0 Å². The normalized spacial score (nSPS) is 12.8. The van der Waals surface area contributed by atoms with Crippen molar-refractivity contribution in [2.75, 3.05) is 14.2 Å². The molecule has 5 heteroatoms. The second-order valence-electron chi connectivity index (χ2n) is 4.53. The van der Waals surface area contributed by atoms with Gasteiger partial charge in [-0.05, 0) is 25.1 Å². The number of benzene rings is 1. The molecule has 104 valence electrons. The molecule has 0 amide bonds. The number of rotatable bonds is 3. The van der Waals surface area contributed by atoms with Crippen LogP contribution < -0.4 is 9.47 Å². The first-order valence-electron chi connectivity index (χ1n) is 6.27. The Morgan fingerprint density at radius 2 is 1.95 bits per heavy atom. The average Bonchev–Trinajstić information content (AvgIpc) is 2.89. The maximum absolute atomic E-state index is 9.80. The molecule has 0 saturated carbocycles. The van der Waals surface area contributed by atoms with Crippen LogP contribution >= 0.6 is 11.3 Å². The number of ether oxygens (including phenoxy) is 2. The fourth-order valence-electron chi connectivity index (χ4n) is 2.38. The number of pyridine rings is 1. The van der Waals surface area contributed by atoms with E-state index in [4.69, 9.17) is 9.47 Å². The standard InChI is InChI=1S/C15H15NO3S/c1-8(17)11-7-10-13(18-2)9-5-4-6-16-12(9)14(19-3)15(10)20-11/h4-8,17H,1-3H3. The molecule has 0 saturated heterocycles. The maximum atomic E-state index is 9.80. The van der Waals surface area contributed by atoms with E-state index >= 15 is 0 Å². The van der Waals surface area contributed by atoms with Crippen molar-refractivity contribution in [3.8, 4) is 11.5 Å². The molecule has 0 aliphatic carbocycles. The van der Waals surface area contributed by atoms with Crippen LogP contribution in [0.15, 0.2) is 24.4 Å². The predicted molar refractivity (Wildman–Crippen MR) is 80.9 cm³/mol. The van der Waals surface area contributed by atoms with Crippen molar-refractivity contribution in [2.45, 2.75) is 13.0 Å². The summed E-state index contributed by atoms with van der Waals surface area (Å²) < 4.78 is 12.1. The third-order valence-electron chi connectivity index (χ3n) is 3.29. The zero-order valence-electron chi connectivity index (χ0n) is 11.5. The Morgan fingerprint density at radius 3 is 2.60 bits per heavy atom. The highest BCUT2D eigenvalue weighted by molar-refractivity contribution is 7.19. The SMILES string of the molecule is COc1c2cccnc2c(OC)c2sc(C(C)O)cc12. The molecule has 2 heterocycles. The van der Waals surface area contributed by atoms with E-state index in [0.29, 0.717) is 0 Å². The van der Waals surface area contributed by atoms with E-state index in [1.807, 2.05) is 18.2 Å². The Balaban J connectivity index is 2.51. The molecule has 1 aromatic carbocycles. The molecule has 1 unspecified atom stereocenters. The van der Waals surface area contributed by atoms with Gasteiger partial charge in [0.1, 0.15) is 11.3 Å². The summed E-state index contributed by atoms with van der Waals surface area (Å²) in [6.07, 6.45) is 1.22. The Hall–Kier alpha value is -1.85. The van der Waals surface area contributed by atoms with Gasteiger partial charge in [0.25, 0.3) is 0 Å². The van der Waals surface area contributed by atoms with Crippen molar-refractivity contribution >= 4 is 32.3 Å². The van der Waals surface area contributed by atoms with Crippen LogP contribution in [0, 0.1) is 0 Å². The van der Waals surface area contributed by atoms with Crippen LogP contribution in [0.4, 0.5) is 0 Å². The zero-order chi connectivity index (χ0) is 14.3. The molecule has 0 aliphatic rings. The summed E-state index contributed by atoms with van der Waals surface area (Å²) in [6, 6.07) is 5.79. The summed E-state index contributed by atoms with van der Waals surface area (Å²) >= 11 is 1.51. The minimum absolute atomic E-state index is 0.516. The lowest BCUT2D eigenvalue weighted by atomic mass is 10.1. The van der Waals surface area contributed by atoms with Gasteiger partial charge in [-0.15, -0.1) is 11.3 Å². The molecular formula is C15H15NO3S. The minimum atomic E-state index is -0.516. The van der Waals surface area contributed by atoms with Gasteiger partial charge in [-0.2, -0.15) is 0 Å². The fourth-order valence-corrected chi connectivity index (χ4v) is 3.50. The highest BCUT2D eigenvalue weighted by atomic mass is 32.1. The summed E-state index contributed by atoms with van der Waals surface area (Å²) in [5.74, 6) is 1.50. The Kier molecular flexibility index (Phi) is 3.23. The zero-order valence-corrected chi connectivity index (χ0v) is 12.3. The van der Waals surface area contributed by atoms with Gasteiger partial charge in [-0.3, -0.25) is 4.98 Å². The molecule has 20 heavy (non-hydrogen) atoms. The Labute approximate surface area is 120 Å². The second-order valence-corrected chi connectivity index (χ2v) is 5.62. The largest absolute Gasteiger partial charge is 0.495 e. The van der Waals surface area contributed by atoms with Crippen molar-refractivity contribution in [3.63, 3.8) is 0 Å². The Morgan fingerprint density at radius 1 is 1.20 bits per heavy atom. The van der Waals surface area contributed by atoms with Gasteiger partial charge in [-0.25, -0.2) is 0 Å². The van der Waals surface area contributed by atoms with Crippen LogP contribution in [0.2, 0.25) is 0 Å². The fraction of sp³-hybridized carbons (Fsp3) is 0.267. The summed E-state index contributed by atoms with van der Waals surface area (Å²) in [5.41, 5.74) is 0.776. The van der Waals surface area contributed by atoms with Crippen LogP contribution in [-0.2, 0) is 0 Å². The number of aliphatic hydroxyl groups excluding tert-OH is 1. The number of aliphatic hydroxyl groups is 1. The first kappa shape index (κ1) is 13.1. The molecule has 0 radical (unpaired) electrons. The van der Waals surface area contributed by atoms with E-state index in [-0.39, 0.29) is 0 Å². The van der Waals surface area contributed by atoms with Gasteiger partial charge in [0.2, 0.25) is 0 Å². The highest BCUT2D eigenvalue weighted by Gasteiger charge is 2.19. The number of hydrogen-bond donors (Lipinski definition) is 1. The van der Waals surface area contributed by atoms with Gasteiger partial charge < -0.3 is 14.6 Å². The molecular weight excluding hydrogens is 274 g/mol. The lowest BCUT2D eigenvalue weighted by Gasteiger charge is -2.10. The molecule has 2 aromatic heterocycles. The van der Waals surface area contributed by atoms with Gasteiger partial charge in [0.15, 0.2) is 5.75 Å². The molecule has 0 aliphatic heterocycles. The van der Waals surface area contributed by atoms with Crippen LogP contribution in [0.3, 0.4) is 0 Å². The third kappa shape index (κ3) is 1.82. The molecule has 0 fully saturated rings. The Bertz CT molecular complexity index is 719. The van der Waals surface area contributed by atoms with Gasteiger partial charge >= 0.3 is 0 Å². The number of aromatic nitrogens is 1. The van der Waals surface area contributed by atoms with E-state index < -0.39 is 6.10 Å². The van der Waals surface area contributed by atoms with E-state index in [1.54, 1.807) is 27.3 Å². The minimum Gasteiger partial charge on any atom is -0.495 e. The summed E-state index contributed by atoms with van der Waals surface area (Å²) in [5, 5.41) is 11.7. The lowest BCUT2D eigenvalue weighted by Crippen LogP contribution is -1.92. The highest BCUT2D eigenvalue weighted by Crippen LogP contribution is 2.46. The van der Waals surface area contributed by atoms with E-state index in [1.165, 1.54) is 11.3 Å². The topological polar surface area (TPSA) is 51.6 Å². The molecule has 1 atom stereocenters. The molecule has 4 nitrogen and oxygen atoms in total. The molecule has 3 rings (SSSR count). The maximum Gasteiger partial charge on any atom is 0.163 e. The van der Waals surface area contributed by atoms with E-state index in [9.17, 15) is 5.11 Å². The number of fused-ring (bicyclic) bond motifs is 2. The van der Waals surface area contributed by atoms with Crippen molar-refractivity contribution < 1.29 is 14.6 Å². The number of nitrogens with zero attached hydrogens (tertiary/aromatic N) is 1. The molecule has 1 N–H and O–H groups in total. The monoisotopic (exact) mass is 289 g/mol. The van der Waals surface area contributed by atoms with Crippen molar-refractivity contribution in [1.82, 2.24) is 4.98 Å². The average molecular weight is 289 g/mol. The number of thiophene rings is 1. The van der Waals surface area contributed by atoms with Crippen molar-refractivity contribution in [1.29, 1.82) is 0 Å². The smallest absolute Gasteiger partial charge is 0.163 e. The third-order valence-corrected chi connectivity index (χ3v) is 4.59. The van der Waals surface area contributed by atoms with Crippen LogP contribution in [-0.4, -0.2) is 24.3 Å². The van der Waals surface area contributed by atoms with Crippen LogP contribution in [0.1, 0.15) is 17.9 Å². The second kappa shape index (κ2) is 4.92. The van der Waals surface area contributed by atoms with E-state index in [0.717, 1.165) is 37.4 Å². The van der Waals surface area contributed by atoms with Crippen molar-refractivity contribution in [3.05, 3.63) is 29.3 Å². The van der Waals surface area contributed by atoms with Crippen LogP contribution in [0.25, 0.3) is 21.0 Å². The molecule has 0 bridgehead atoms. The number of methoxy groups -OCH3 is 2. The molecule has 3 aromatic rings. The quantitative estimate of drug-likeness (QED) is 0.801. The molecule has 0 spiro atoms. The van der Waals surface area contributed by atoms with Crippen LogP contribution in [0.5, 0.6) is 11.5 Å². The van der Waals surface area contributed by atoms with Gasteiger partial charge in [0, 0.05) is 21.8 Å². The summed E-state index contributed by atoms with van der Waals surface area (Å²) in [7, 11) is 3.28. The number of hydrogen-bond acceptors (Lipinski definition) is 5. The van der Waals surface area contributed by atoms with E-state index in [2.05, 4.69) is 4.98 Å². The van der Waals surface area contributed by atoms with Crippen molar-refractivity contribution in [2.24, 2.45) is 0 Å². The first-order valence-corrected chi connectivity index (χ1v) is 7.09. The van der Waals surface area contributed by atoms with Gasteiger partial charge in [-0.1, -0.05) is 0 Å². The summed E-state index contributed by atoms with van der Waals surface area (Å²) in [6.45, 7) is 1.75.